The maximum atomic E-state index is 5.82. The van der Waals surface area contributed by atoms with Gasteiger partial charge in [0.25, 0.3) is 5.22 Å². The molecule has 0 atom stereocenters. The van der Waals surface area contributed by atoms with Gasteiger partial charge in [0.2, 0.25) is 17.8 Å². The Kier molecular flexibility index (Phi) is 6.78. The van der Waals surface area contributed by atoms with Gasteiger partial charge in [-0.15, -0.1) is 10.2 Å². The highest BCUT2D eigenvalue weighted by Gasteiger charge is 2.13. The molecular weight excluding hydrogens is 514 g/mol. The molecule has 0 saturated carbocycles. The molecule has 0 amide bonds. The van der Waals surface area contributed by atoms with Crippen LogP contribution in [0.15, 0.2) is 99.0 Å². The summed E-state index contributed by atoms with van der Waals surface area (Å²) in [5.41, 5.74) is 2.61. The third kappa shape index (κ3) is 5.77. The Bertz CT molecular complexity index is 1320. The maximum Gasteiger partial charge on any atom is 0.277 e. The summed E-state index contributed by atoms with van der Waals surface area (Å²) in [6.07, 6.45) is 0. The zero-order valence-corrected chi connectivity index (χ0v) is 20.1. The van der Waals surface area contributed by atoms with Gasteiger partial charge < -0.3 is 15.1 Å². The minimum atomic E-state index is 0.426. The minimum absolute atomic E-state index is 0.426. The fourth-order valence-electron chi connectivity index (χ4n) is 3.03. The molecule has 168 valence electrons. The van der Waals surface area contributed by atoms with Gasteiger partial charge in [0.05, 0.1) is 5.75 Å². The number of rotatable bonds is 8. The van der Waals surface area contributed by atoms with E-state index < -0.39 is 0 Å². The van der Waals surface area contributed by atoms with Crippen molar-refractivity contribution >= 4 is 51.0 Å². The quantitative estimate of drug-likeness (QED) is 0.218. The molecular formula is C24H18BrN7OS. The number of halogens is 1. The van der Waals surface area contributed by atoms with Crippen LogP contribution >= 0.6 is 27.7 Å². The van der Waals surface area contributed by atoms with Crippen LogP contribution in [0.5, 0.6) is 0 Å². The molecule has 0 unspecified atom stereocenters. The topological polar surface area (TPSA) is 102 Å². The summed E-state index contributed by atoms with van der Waals surface area (Å²) in [5.74, 6) is 2.33. The molecule has 0 radical (unpaired) electrons. The van der Waals surface area contributed by atoms with Crippen molar-refractivity contribution in [3.63, 3.8) is 0 Å². The zero-order chi connectivity index (χ0) is 23.2. The highest BCUT2D eigenvalue weighted by Crippen LogP contribution is 2.27. The van der Waals surface area contributed by atoms with E-state index in [1.807, 2.05) is 84.9 Å². The second kappa shape index (κ2) is 10.4. The summed E-state index contributed by atoms with van der Waals surface area (Å²) < 4.78 is 6.76. The average Bonchev–Trinajstić information content (AvgIpc) is 3.33. The van der Waals surface area contributed by atoms with Crippen molar-refractivity contribution in [2.24, 2.45) is 0 Å². The van der Waals surface area contributed by atoms with Crippen LogP contribution in [0.1, 0.15) is 5.82 Å². The summed E-state index contributed by atoms with van der Waals surface area (Å²) in [7, 11) is 0. The van der Waals surface area contributed by atoms with Gasteiger partial charge in [-0.05, 0) is 42.5 Å². The van der Waals surface area contributed by atoms with Gasteiger partial charge >= 0.3 is 0 Å². The lowest BCUT2D eigenvalue weighted by Gasteiger charge is -2.10. The molecule has 0 aliphatic carbocycles. The molecule has 0 bridgehead atoms. The molecule has 0 fully saturated rings. The highest BCUT2D eigenvalue weighted by molar-refractivity contribution is 9.10. The normalized spacial score (nSPS) is 10.7. The smallest absolute Gasteiger partial charge is 0.277 e. The molecule has 3 aromatic carbocycles. The fraction of sp³-hybridized carbons (Fsp3) is 0.0417. The molecule has 5 aromatic rings. The van der Waals surface area contributed by atoms with Gasteiger partial charge in [0.15, 0.2) is 0 Å². The Morgan fingerprint density at radius 2 is 1.38 bits per heavy atom. The Labute approximate surface area is 208 Å². The molecule has 2 N–H and O–H groups in total. The van der Waals surface area contributed by atoms with Crippen LogP contribution in [-0.2, 0) is 5.75 Å². The second-order valence-corrected chi connectivity index (χ2v) is 8.90. The minimum Gasteiger partial charge on any atom is -0.411 e. The first-order valence-corrected chi connectivity index (χ1v) is 12.1. The van der Waals surface area contributed by atoms with Crippen LogP contribution in [0, 0.1) is 0 Å². The molecule has 2 aromatic heterocycles. The first-order chi connectivity index (χ1) is 16.7. The van der Waals surface area contributed by atoms with Crippen molar-refractivity contribution in [2.45, 2.75) is 11.0 Å². The van der Waals surface area contributed by atoms with Crippen LogP contribution < -0.4 is 10.6 Å². The third-order valence-corrected chi connectivity index (χ3v) is 5.85. The molecule has 5 rings (SSSR count). The van der Waals surface area contributed by atoms with Crippen molar-refractivity contribution in [3.8, 4) is 11.5 Å². The Balaban J connectivity index is 1.35. The number of hydrogen-bond acceptors (Lipinski definition) is 9. The lowest BCUT2D eigenvalue weighted by atomic mass is 10.2. The number of para-hydroxylation sites is 2. The molecule has 0 saturated heterocycles. The van der Waals surface area contributed by atoms with Crippen LogP contribution in [0.3, 0.4) is 0 Å². The van der Waals surface area contributed by atoms with Crippen molar-refractivity contribution < 1.29 is 4.42 Å². The summed E-state index contributed by atoms with van der Waals surface area (Å²) in [4.78, 5) is 13.7. The predicted molar refractivity (Wildman–Crippen MR) is 136 cm³/mol. The summed E-state index contributed by atoms with van der Waals surface area (Å²) in [5, 5.41) is 15.2. The van der Waals surface area contributed by atoms with Crippen LogP contribution in [0.25, 0.3) is 11.5 Å². The number of anilines is 4. The van der Waals surface area contributed by atoms with Crippen molar-refractivity contribution in [1.29, 1.82) is 0 Å². The van der Waals surface area contributed by atoms with Crippen LogP contribution in [-0.4, -0.2) is 25.1 Å². The lowest BCUT2D eigenvalue weighted by Crippen LogP contribution is -2.07. The van der Waals surface area contributed by atoms with Gasteiger partial charge in [0, 0.05) is 21.4 Å². The van der Waals surface area contributed by atoms with E-state index in [1.165, 1.54) is 11.8 Å². The molecule has 2 heterocycles. The SMILES string of the molecule is Brc1cccc(-c2nnc(SCc3nc(Nc4ccccc4)nc(Nc4ccccc4)n3)o2)c1. The molecule has 0 spiro atoms. The Morgan fingerprint density at radius 1 is 0.735 bits per heavy atom. The van der Waals surface area contributed by atoms with E-state index in [2.05, 4.69) is 51.7 Å². The number of benzene rings is 3. The van der Waals surface area contributed by atoms with Crippen LogP contribution in [0.4, 0.5) is 23.3 Å². The second-order valence-electron chi connectivity index (χ2n) is 7.05. The van der Waals surface area contributed by atoms with Gasteiger partial charge in [-0.2, -0.15) is 15.0 Å². The molecule has 8 nitrogen and oxygen atoms in total. The van der Waals surface area contributed by atoms with E-state index in [-0.39, 0.29) is 0 Å². The number of hydrogen-bond donors (Lipinski definition) is 2. The van der Waals surface area contributed by atoms with Crippen molar-refractivity contribution in [3.05, 3.63) is 95.2 Å². The largest absolute Gasteiger partial charge is 0.411 e. The Hall–Kier alpha value is -3.76. The first-order valence-electron chi connectivity index (χ1n) is 10.3. The van der Waals surface area contributed by atoms with E-state index in [4.69, 9.17) is 4.42 Å². The molecule has 0 aliphatic rings. The Morgan fingerprint density at radius 3 is 2.00 bits per heavy atom. The predicted octanol–water partition coefficient (Wildman–Crippen LogP) is 6.46. The van der Waals surface area contributed by atoms with Crippen LogP contribution in [0.2, 0.25) is 0 Å². The number of thioether (sulfide) groups is 1. The monoisotopic (exact) mass is 531 g/mol. The van der Waals surface area contributed by atoms with E-state index in [1.54, 1.807) is 0 Å². The van der Waals surface area contributed by atoms with E-state index in [0.29, 0.717) is 34.6 Å². The first kappa shape index (κ1) is 22.1. The van der Waals surface area contributed by atoms with Gasteiger partial charge in [-0.1, -0.05) is 70.2 Å². The van der Waals surface area contributed by atoms with Crippen molar-refractivity contribution in [2.75, 3.05) is 10.6 Å². The maximum absolute atomic E-state index is 5.82. The van der Waals surface area contributed by atoms with Gasteiger partial charge in [-0.3, -0.25) is 0 Å². The van der Waals surface area contributed by atoms with E-state index in [0.717, 1.165) is 21.4 Å². The zero-order valence-electron chi connectivity index (χ0n) is 17.7. The lowest BCUT2D eigenvalue weighted by molar-refractivity contribution is 0.465. The van der Waals surface area contributed by atoms with E-state index in [9.17, 15) is 0 Å². The fourth-order valence-corrected chi connectivity index (χ4v) is 4.05. The summed E-state index contributed by atoms with van der Waals surface area (Å²) >= 11 is 4.82. The average molecular weight is 532 g/mol. The highest BCUT2D eigenvalue weighted by atomic mass is 79.9. The number of nitrogens with zero attached hydrogens (tertiary/aromatic N) is 5. The molecule has 10 heteroatoms. The number of aromatic nitrogens is 5. The van der Waals surface area contributed by atoms with Gasteiger partial charge in [0.1, 0.15) is 5.82 Å². The summed E-state index contributed by atoms with van der Waals surface area (Å²) in [6.45, 7) is 0. The van der Waals surface area contributed by atoms with E-state index >= 15 is 0 Å². The standard InChI is InChI=1S/C24H18BrN7OS/c25-17-9-7-8-16(14-17)21-31-32-24(33-21)34-15-20-28-22(26-18-10-3-1-4-11-18)30-23(29-20)27-19-12-5-2-6-13-19/h1-14H,15H2,(H2,26,27,28,29,30). The van der Waals surface area contributed by atoms with Crippen molar-refractivity contribution in [1.82, 2.24) is 25.1 Å². The number of nitrogens with one attached hydrogen (secondary N) is 2. The molecule has 34 heavy (non-hydrogen) atoms. The van der Waals surface area contributed by atoms with Gasteiger partial charge in [-0.25, -0.2) is 0 Å². The molecule has 0 aliphatic heterocycles. The third-order valence-electron chi connectivity index (χ3n) is 4.54. The summed E-state index contributed by atoms with van der Waals surface area (Å²) in [6, 6.07) is 27.2.